The summed E-state index contributed by atoms with van der Waals surface area (Å²) in [6.45, 7) is -0.683. The van der Waals surface area contributed by atoms with Crippen molar-refractivity contribution in [3.8, 4) is 0 Å². The number of hydrogen-bond donors (Lipinski definition) is 2. The monoisotopic (exact) mass is 207 g/mol. The maximum Gasteiger partial charge on any atom is 0.372 e. The van der Waals surface area contributed by atoms with Crippen molar-refractivity contribution in [1.82, 2.24) is 4.72 Å². The lowest BCUT2D eigenvalue weighted by Gasteiger charge is -1.95. The van der Waals surface area contributed by atoms with Crippen LogP contribution in [-0.2, 0) is 20.5 Å². The quantitative estimate of drug-likeness (QED) is 0.439. The molecule has 0 aliphatic carbocycles. The Morgan fingerprint density at radius 1 is 1.27 bits per heavy atom. The number of nitrogens with one attached hydrogen (secondary N) is 1. The van der Waals surface area contributed by atoms with E-state index in [4.69, 9.17) is 4.55 Å². The lowest BCUT2D eigenvalue weighted by atomic mass is 10.8. The normalized spacial score (nSPS) is 13.3. The molecule has 0 spiro atoms. The van der Waals surface area contributed by atoms with Crippen molar-refractivity contribution in [2.45, 2.75) is 0 Å². The predicted molar refractivity (Wildman–Crippen MR) is 34.4 cm³/mol. The Labute approximate surface area is 63.5 Å². The SMILES string of the molecule is O=S(=O)(O)CCNS(=O)(=O)F. The van der Waals surface area contributed by atoms with Gasteiger partial charge in [0, 0.05) is 6.54 Å². The molecule has 0 unspecified atom stereocenters. The predicted octanol–water partition coefficient (Wildman–Crippen LogP) is -1.32. The number of halogens is 1. The Morgan fingerprint density at radius 2 is 1.73 bits per heavy atom. The molecule has 68 valence electrons. The van der Waals surface area contributed by atoms with E-state index in [1.54, 1.807) is 0 Å². The van der Waals surface area contributed by atoms with Gasteiger partial charge in [0.1, 0.15) is 0 Å². The van der Waals surface area contributed by atoms with Crippen LogP contribution in [0.15, 0.2) is 0 Å². The van der Waals surface area contributed by atoms with Gasteiger partial charge in [-0.2, -0.15) is 21.6 Å². The molecule has 6 nitrogen and oxygen atoms in total. The highest BCUT2D eigenvalue weighted by atomic mass is 32.3. The molecule has 0 aromatic heterocycles. The van der Waals surface area contributed by atoms with E-state index in [9.17, 15) is 20.7 Å². The molecule has 0 aromatic rings. The van der Waals surface area contributed by atoms with Crippen LogP contribution < -0.4 is 4.72 Å². The van der Waals surface area contributed by atoms with Gasteiger partial charge in [-0.25, -0.2) is 0 Å². The molecule has 0 radical (unpaired) electrons. The van der Waals surface area contributed by atoms with E-state index in [1.807, 2.05) is 0 Å². The van der Waals surface area contributed by atoms with Crippen molar-refractivity contribution in [2.24, 2.45) is 0 Å². The minimum Gasteiger partial charge on any atom is -0.286 e. The third kappa shape index (κ3) is 9.75. The minimum absolute atomic E-state index is 0.683. The molecule has 11 heavy (non-hydrogen) atoms. The van der Waals surface area contributed by atoms with Crippen molar-refractivity contribution in [2.75, 3.05) is 12.3 Å². The summed E-state index contributed by atoms with van der Waals surface area (Å²) in [7, 11) is -9.11. The largest absolute Gasteiger partial charge is 0.372 e. The number of hydrogen-bond acceptors (Lipinski definition) is 4. The van der Waals surface area contributed by atoms with Gasteiger partial charge in [-0.1, -0.05) is 3.89 Å². The molecule has 0 heterocycles. The van der Waals surface area contributed by atoms with E-state index < -0.39 is 32.8 Å². The summed E-state index contributed by atoms with van der Waals surface area (Å²) < 4.78 is 60.0. The summed E-state index contributed by atoms with van der Waals surface area (Å²) >= 11 is 0. The van der Waals surface area contributed by atoms with E-state index in [2.05, 4.69) is 0 Å². The molecule has 0 amide bonds. The highest BCUT2D eigenvalue weighted by Gasteiger charge is 2.08. The summed E-state index contributed by atoms with van der Waals surface area (Å²) in [6, 6.07) is 0. The van der Waals surface area contributed by atoms with Gasteiger partial charge in [0.15, 0.2) is 0 Å². The molecule has 0 aliphatic rings. The Balaban J connectivity index is 3.79. The molecular weight excluding hydrogens is 201 g/mol. The Bertz CT molecular complexity index is 271. The zero-order chi connectivity index (χ0) is 9.12. The van der Waals surface area contributed by atoms with Gasteiger partial charge < -0.3 is 0 Å². The maximum atomic E-state index is 11.5. The molecular formula is C2H6FNO5S2. The first-order chi connectivity index (χ1) is 4.71. The van der Waals surface area contributed by atoms with Crippen LogP contribution in [0.3, 0.4) is 0 Å². The van der Waals surface area contributed by atoms with Crippen molar-refractivity contribution >= 4 is 20.5 Å². The van der Waals surface area contributed by atoms with Crippen LogP contribution in [0.5, 0.6) is 0 Å². The molecule has 0 fully saturated rings. The van der Waals surface area contributed by atoms with Gasteiger partial charge >= 0.3 is 10.4 Å². The van der Waals surface area contributed by atoms with Crippen LogP contribution in [0.1, 0.15) is 0 Å². The summed E-state index contributed by atoms with van der Waals surface area (Å²) in [4.78, 5) is 0. The lowest BCUT2D eigenvalue weighted by molar-refractivity contribution is 0.482. The Hall–Kier alpha value is -0.250. The minimum atomic E-state index is -4.87. The zero-order valence-corrected chi connectivity index (χ0v) is 6.82. The molecule has 0 saturated heterocycles. The Morgan fingerprint density at radius 3 is 2.00 bits per heavy atom. The van der Waals surface area contributed by atoms with Crippen molar-refractivity contribution in [3.05, 3.63) is 0 Å². The van der Waals surface area contributed by atoms with Crippen LogP contribution in [0.25, 0.3) is 0 Å². The molecule has 0 aliphatic heterocycles. The molecule has 0 rings (SSSR count). The second-order valence-electron chi connectivity index (χ2n) is 1.62. The first-order valence-electron chi connectivity index (χ1n) is 2.35. The van der Waals surface area contributed by atoms with Crippen LogP contribution in [0, 0.1) is 0 Å². The van der Waals surface area contributed by atoms with Gasteiger partial charge in [-0.05, 0) is 0 Å². The van der Waals surface area contributed by atoms with Crippen LogP contribution in [0.2, 0.25) is 0 Å². The molecule has 9 heteroatoms. The van der Waals surface area contributed by atoms with Crippen LogP contribution >= 0.6 is 0 Å². The second kappa shape index (κ2) is 3.43. The van der Waals surface area contributed by atoms with Gasteiger partial charge in [-0.3, -0.25) is 4.55 Å². The standard InChI is InChI=1S/C2H6FNO5S2/c3-11(8,9)4-1-2-10(5,6)7/h4H,1-2H2,(H,5,6,7). The molecule has 0 aromatic carbocycles. The maximum absolute atomic E-state index is 11.5. The third-order valence-electron chi connectivity index (χ3n) is 0.634. The van der Waals surface area contributed by atoms with Gasteiger partial charge in [0.05, 0.1) is 5.75 Å². The average Bonchev–Trinajstić information content (AvgIpc) is 1.55. The first-order valence-corrected chi connectivity index (χ1v) is 5.34. The molecule has 0 atom stereocenters. The fraction of sp³-hybridized carbons (Fsp3) is 1.00. The van der Waals surface area contributed by atoms with Gasteiger partial charge in [0.2, 0.25) is 0 Å². The van der Waals surface area contributed by atoms with Crippen molar-refractivity contribution in [3.63, 3.8) is 0 Å². The summed E-state index contributed by atoms with van der Waals surface area (Å²) in [6.07, 6.45) is 0. The molecule has 2 N–H and O–H groups in total. The van der Waals surface area contributed by atoms with Gasteiger partial charge in [0.25, 0.3) is 10.1 Å². The van der Waals surface area contributed by atoms with E-state index in [0.29, 0.717) is 0 Å². The molecule has 0 saturated carbocycles. The summed E-state index contributed by atoms with van der Waals surface area (Å²) in [5.41, 5.74) is 0. The fourth-order valence-corrected chi connectivity index (χ4v) is 1.13. The fourth-order valence-electron chi connectivity index (χ4n) is 0.293. The van der Waals surface area contributed by atoms with Crippen molar-refractivity contribution in [1.29, 1.82) is 0 Å². The van der Waals surface area contributed by atoms with Crippen molar-refractivity contribution < 1.29 is 25.3 Å². The van der Waals surface area contributed by atoms with E-state index in [1.165, 1.54) is 4.72 Å². The van der Waals surface area contributed by atoms with E-state index in [0.717, 1.165) is 0 Å². The average molecular weight is 207 g/mol. The summed E-state index contributed by atoms with van der Waals surface area (Å²) in [5, 5.41) is 0. The topological polar surface area (TPSA) is 101 Å². The lowest BCUT2D eigenvalue weighted by Crippen LogP contribution is -2.25. The van der Waals surface area contributed by atoms with Crippen LogP contribution in [-0.4, -0.2) is 33.7 Å². The van der Waals surface area contributed by atoms with Crippen LogP contribution in [0.4, 0.5) is 3.89 Å². The Kier molecular flexibility index (Phi) is 3.35. The zero-order valence-electron chi connectivity index (χ0n) is 5.19. The number of rotatable bonds is 4. The highest BCUT2D eigenvalue weighted by molar-refractivity contribution is 7.86. The smallest absolute Gasteiger partial charge is 0.286 e. The third-order valence-corrected chi connectivity index (χ3v) is 1.90. The second-order valence-corrected chi connectivity index (χ2v) is 4.35. The highest BCUT2D eigenvalue weighted by Crippen LogP contribution is 1.84. The molecule has 0 bridgehead atoms. The van der Waals surface area contributed by atoms with E-state index >= 15 is 0 Å². The summed E-state index contributed by atoms with van der Waals surface area (Å²) in [5.74, 6) is -0.851. The van der Waals surface area contributed by atoms with Gasteiger partial charge in [-0.15, -0.1) is 0 Å². The first kappa shape index (κ1) is 10.8. The van der Waals surface area contributed by atoms with E-state index in [-0.39, 0.29) is 0 Å².